The molecule has 30 heavy (non-hydrogen) atoms. The molecule has 0 spiro atoms. The zero-order chi connectivity index (χ0) is 21.7. The smallest absolute Gasteiger partial charge is 0.321 e. The molecule has 0 fully saturated rings. The summed E-state index contributed by atoms with van der Waals surface area (Å²) < 4.78 is 37.0. The van der Waals surface area contributed by atoms with Crippen molar-refractivity contribution in [2.75, 3.05) is 6.54 Å². The van der Waals surface area contributed by atoms with E-state index in [0.717, 1.165) is 0 Å². The SMILES string of the molecule is CC(=O)c1ccc(S(=O)(=O)NCC(=O)OC(C)c2nc(-c3cccnc3)no2)cc1. The van der Waals surface area contributed by atoms with Crippen molar-refractivity contribution in [1.82, 2.24) is 19.8 Å². The fraction of sp³-hybridized carbons (Fsp3) is 0.211. The molecule has 1 atom stereocenters. The third kappa shape index (κ3) is 5.13. The number of carbonyl (C=O) groups excluding carboxylic acids is 2. The zero-order valence-electron chi connectivity index (χ0n) is 16.1. The molecule has 2 aromatic heterocycles. The van der Waals surface area contributed by atoms with Gasteiger partial charge in [-0.15, -0.1) is 0 Å². The monoisotopic (exact) mass is 430 g/mol. The van der Waals surface area contributed by atoms with E-state index in [4.69, 9.17) is 9.26 Å². The van der Waals surface area contributed by atoms with Crippen molar-refractivity contribution in [3.8, 4) is 11.4 Å². The fourth-order valence-electron chi connectivity index (χ4n) is 2.41. The average Bonchev–Trinajstić information content (AvgIpc) is 3.23. The molecule has 1 N–H and O–H groups in total. The van der Waals surface area contributed by atoms with Gasteiger partial charge in [0.2, 0.25) is 15.8 Å². The van der Waals surface area contributed by atoms with Crippen LogP contribution >= 0.6 is 0 Å². The lowest BCUT2D eigenvalue weighted by Gasteiger charge is -2.10. The molecule has 11 heteroatoms. The molecule has 0 aliphatic heterocycles. The summed E-state index contributed by atoms with van der Waals surface area (Å²) in [5.41, 5.74) is 1.02. The third-order valence-corrected chi connectivity index (χ3v) is 5.41. The van der Waals surface area contributed by atoms with Gasteiger partial charge in [0, 0.05) is 23.5 Å². The number of esters is 1. The zero-order valence-corrected chi connectivity index (χ0v) is 16.9. The average molecular weight is 430 g/mol. The first kappa shape index (κ1) is 21.3. The first-order chi connectivity index (χ1) is 14.3. The molecule has 0 radical (unpaired) electrons. The summed E-state index contributed by atoms with van der Waals surface area (Å²) in [6.07, 6.45) is 2.28. The van der Waals surface area contributed by atoms with E-state index in [9.17, 15) is 18.0 Å². The summed E-state index contributed by atoms with van der Waals surface area (Å²) in [5, 5.41) is 3.81. The molecule has 0 saturated heterocycles. The quantitative estimate of drug-likeness (QED) is 0.419. The number of hydrogen-bond donors (Lipinski definition) is 1. The minimum atomic E-state index is -3.95. The second-order valence-corrected chi connectivity index (χ2v) is 8.00. The van der Waals surface area contributed by atoms with Gasteiger partial charge in [0.15, 0.2) is 11.9 Å². The topological polar surface area (TPSA) is 141 Å². The Bertz CT molecular complexity index is 1140. The van der Waals surface area contributed by atoms with Crippen molar-refractivity contribution in [1.29, 1.82) is 0 Å². The van der Waals surface area contributed by atoms with Crippen molar-refractivity contribution < 1.29 is 27.3 Å². The molecule has 1 aromatic carbocycles. The number of aromatic nitrogens is 3. The Morgan fingerprint density at radius 1 is 1.20 bits per heavy atom. The number of carbonyl (C=O) groups is 2. The Morgan fingerprint density at radius 2 is 1.93 bits per heavy atom. The second-order valence-electron chi connectivity index (χ2n) is 6.24. The molecule has 0 aliphatic carbocycles. The number of nitrogens with one attached hydrogen (secondary N) is 1. The van der Waals surface area contributed by atoms with Gasteiger partial charge < -0.3 is 9.26 Å². The Morgan fingerprint density at radius 3 is 2.57 bits per heavy atom. The molecule has 0 saturated carbocycles. The molecule has 0 amide bonds. The van der Waals surface area contributed by atoms with Gasteiger partial charge in [0.05, 0.1) is 4.90 Å². The third-order valence-electron chi connectivity index (χ3n) is 4.00. The number of sulfonamides is 1. The van der Waals surface area contributed by atoms with Crippen LogP contribution in [0.3, 0.4) is 0 Å². The number of pyridine rings is 1. The lowest BCUT2D eigenvalue weighted by molar-refractivity contribution is -0.148. The Labute approximate surface area is 172 Å². The lowest BCUT2D eigenvalue weighted by atomic mass is 10.2. The highest BCUT2D eigenvalue weighted by Crippen LogP contribution is 2.20. The number of ketones is 1. The number of Topliss-reactive ketones (excluding diaryl/α,β-unsaturated/α-hetero) is 1. The molecular weight excluding hydrogens is 412 g/mol. The summed E-state index contributed by atoms with van der Waals surface area (Å²) in [6, 6.07) is 8.82. The minimum Gasteiger partial charge on any atom is -0.452 e. The van der Waals surface area contributed by atoms with E-state index in [1.165, 1.54) is 38.1 Å². The van der Waals surface area contributed by atoms with Crippen LogP contribution in [0.15, 0.2) is 58.2 Å². The maximum absolute atomic E-state index is 12.3. The van der Waals surface area contributed by atoms with Crippen LogP contribution < -0.4 is 4.72 Å². The van der Waals surface area contributed by atoms with Crippen LogP contribution in [0, 0.1) is 0 Å². The molecule has 3 rings (SSSR count). The van der Waals surface area contributed by atoms with Crippen molar-refractivity contribution in [3.63, 3.8) is 0 Å². The van der Waals surface area contributed by atoms with Crippen molar-refractivity contribution in [3.05, 3.63) is 60.2 Å². The van der Waals surface area contributed by atoms with Gasteiger partial charge in [-0.05, 0) is 38.1 Å². The summed E-state index contributed by atoms with van der Waals surface area (Å²) in [4.78, 5) is 31.3. The molecule has 156 valence electrons. The van der Waals surface area contributed by atoms with Crippen LogP contribution in [-0.4, -0.2) is 41.8 Å². The van der Waals surface area contributed by atoms with Gasteiger partial charge in [-0.1, -0.05) is 17.3 Å². The number of hydrogen-bond acceptors (Lipinski definition) is 9. The van der Waals surface area contributed by atoms with Gasteiger partial charge in [0.25, 0.3) is 5.89 Å². The van der Waals surface area contributed by atoms with Gasteiger partial charge in [-0.3, -0.25) is 14.6 Å². The standard InChI is InChI=1S/C19H18N4O6S/c1-12(24)14-5-7-16(8-6-14)30(26,27)21-11-17(25)28-13(2)19-22-18(23-29-19)15-4-3-9-20-10-15/h3-10,13,21H,11H2,1-2H3. The molecule has 0 bridgehead atoms. The summed E-state index contributed by atoms with van der Waals surface area (Å²) >= 11 is 0. The maximum Gasteiger partial charge on any atom is 0.321 e. The van der Waals surface area contributed by atoms with E-state index in [1.807, 2.05) is 0 Å². The fourth-order valence-corrected chi connectivity index (χ4v) is 3.38. The van der Waals surface area contributed by atoms with E-state index in [0.29, 0.717) is 11.1 Å². The summed E-state index contributed by atoms with van der Waals surface area (Å²) in [5.74, 6) is -0.662. The Kier molecular flexibility index (Phi) is 6.33. The van der Waals surface area contributed by atoms with E-state index < -0.39 is 28.6 Å². The number of benzene rings is 1. The van der Waals surface area contributed by atoms with Gasteiger partial charge in [-0.25, -0.2) is 8.42 Å². The predicted molar refractivity (Wildman–Crippen MR) is 104 cm³/mol. The number of rotatable bonds is 8. The van der Waals surface area contributed by atoms with Crippen molar-refractivity contribution in [2.24, 2.45) is 0 Å². The Balaban J connectivity index is 1.57. The molecule has 0 aliphatic rings. The predicted octanol–water partition coefficient (Wildman–Crippen LogP) is 1.92. The van der Waals surface area contributed by atoms with Crippen LogP contribution in [-0.2, 0) is 19.6 Å². The highest BCUT2D eigenvalue weighted by molar-refractivity contribution is 7.89. The second kappa shape index (κ2) is 8.93. The normalized spacial score (nSPS) is 12.3. The van der Waals surface area contributed by atoms with Gasteiger partial charge in [-0.2, -0.15) is 9.71 Å². The lowest BCUT2D eigenvalue weighted by Crippen LogP contribution is -2.31. The molecule has 3 aromatic rings. The number of ether oxygens (including phenoxy) is 1. The first-order valence-electron chi connectivity index (χ1n) is 8.80. The van der Waals surface area contributed by atoms with Crippen LogP contribution in [0.2, 0.25) is 0 Å². The van der Waals surface area contributed by atoms with E-state index in [2.05, 4.69) is 19.8 Å². The van der Waals surface area contributed by atoms with Crippen molar-refractivity contribution in [2.45, 2.75) is 24.8 Å². The minimum absolute atomic E-state index is 0.0601. The summed E-state index contributed by atoms with van der Waals surface area (Å²) in [6.45, 7) is 2.31. The van der Waals surface area contributed by atoms with Crippen LogP contribution in [0.4, 0.5) is 0 Å². The summed E-state index contributed by atoms with van der Waals surface area (Å²) in [7, 11) is -3.95. The van der Waals surface area contributed by atoms with E-state index >= 15 is 0 Å². The van der Waals surface area contributed by atoms with Crippen LogP contribution in [0.5, 0.6) is 0 Å². The molecular formula is C19H18N4O6S. The largest absolute Gasteiger partial charge is 0.452 e. The number of nitrogens with zero attached hydrogens (tertiary/aromatic N) is 3. The van der Waals surface area contributed by atoms with Crippen LogP contribution in [0.25, 0.3) is 11.4 Å². The maximum atomic E-state index is 12.3. The first-order valence-corrected chi connectivity index (χ1v) is 10.3. The molecule has 1 unspecified atom stereocenters. The van der Waals surface area contributed by atoms with Gasteiger partial charge >= 0.3 is 5.97 Å². The molecule has 10 nitrogen and oxygen atoms in total. The van der Waals surface area contributed by atoms with Crippen molar-refractivity contribution >= 4 is 21.8 Å². The highest BCUT2D eigenvalue weighted by atomic mass is 32.2. The van der Waals surface area contributed by atoms with E-state index in [-0.39, 0.29) is 22.4 Å². The van der Waals surface area contributed by atoms with Crippen LogP contribution in [0.1, 0.15) is 36.2 Å². The highest BCUT2D eigenvalue weighted by Gasteiger charge is 2.21. The molecule has 2 heterocycles. The van der Waals surface area contributed by atoms with Gasteiger partial charge in [0.1, 0.15) is 6.54 Å². The Hall–Kier alpha value is -3.44. The van der Waals surface area contributed by atoms with E-state index in [1.54, 1.807) is 24.5 Å².